The first-order valence-corrected chi connectivity index (χ1v) is 49.9. The number of halogens is 5. The van der Waals surface area contributed by atoms with Crippen molar-refractivity contribution in [1.29, 1.82) is 0 Å². The van der Waals surface area contributed by atoms with E-state index in [9.17, 15) is 64.9 Å². The van der Waals surface area contributed by atoms with Gasteiger partial charge >= 0.3 is 0 Å². The van der Waals surface area contributed by atoms with Crippen LogP contribution < -0.4 is 122 Å². The highest BCUT2D eigenvalue weighted by Crippen LogP contribution is 2.26. The fraction of sp³-hybridized carbons (Fsp3) is 0.318. The van der Waals surface area contributed by atoms with Gasteiger partial charge in [-0.1, -0.05) is 223 Å². The fourth-order valence-corrected chi connectivity index (χ4v) is 14.0. The van der Waals surface area contributed by atoms with Crippen LogP contribution in [0.4, 0.5) is 0 Å². The molecule has 0 aliphatic carbocycles. The molecule has 0 fully saturated rings. The minimum absolute atomic E-state index is 0.162. The van der Waals surface area contributed by atoms with Crippen LogP contribution >= 0.6 is 0 Å². The quantitative estimate of drug-likeness (QED) is 0.0830. The lowest BCUT2D eigenvalue weighted by atomic mass is 9.87. The molecule has 0 saturated carbocycles. The van der Waals surface area contributed by atoms with Crippen molar-refractivity contribution in [2.45, 2.75) is 183 Å². The highest BCUT2D eigenvalue weighted by Gasteiger charge is 2.14. The van der Waals surface area contributed by atoms with E-state index in [-0.39, 0.29) is 20.1 Å². The summed E-state index contributed by atoms with van der Waals surface area (Å²) < 4.78 is 175. The van der Waals surface area contributed by atoms with Gasteiger partial charge in [0.25, 0.3) is 113 Å². The van der Waals surface area contributed by atoms with Gasteiger partial charge in [0.2, 0.25) is 0 Å². The lowest BCUT2D eigenvalue weighted by Crippen LogP contribution is -3.34. The molecule has 5 unspecified atom stereocenters. The van der Waals surface area contributed by atoms with Crippen LogP contribution in [0.2, 0.25) is 0 Å². The van der Waals surface area contributed by atoms with Crippen molar-refractivity contribution in [1.82, 2.24) is 0 Å². The van der Waals surface area contributed by atoms with Crippen LogP contribution in [0.3, 0.4) is 0 Å². The van der Waals surface area contributed by atoms with Crippen LogP contribution in [0, 0.1) is 17.9 Å². The van der Waals surface area contributed by atoms with Gasteiger partial charge in [-0.05, 0) is 233 Å². The molecule has 10 rings (SSSR count). The molecule has 0 spiro atoms. The summed E-state index contributed by atoms with van der Waals surface area (Å²) in [6.07, 6.45) is 5.05. The summed E-state index contributed by atoms with van der Waals surface area (Å²) in [5.41, 5.74) is 8.31. The first-order valence-electron chi connectivity index (χ1n) is 36.7. The van der Waals surface area contributed by atoms with Crippen LogP contribution in [0.25, 0.3) is 0 Å². The van der Waals surface area contributed by atoms with E-state index in [4.69, 9.17) is 9.47 Å². The van der Waals surface area contributed by atoms with Gasteiger partial charge in [-0.15, -0.1) is 0 Å². The lowest BCUT2D eigenvalue weighted by molar-refractivity contribution is -0.328. The second kappa shape index (κ2) is 55.8. The minimum atomic E-state index is -4.30. The van der Waals surface area contributed by atoms with Crippen molar-refractivity contribution in [2.24, 2.45) is 0 Å². The molecule has 27 heteroatoms. The molecule has 0 aromatic heterocycles. The summed E-state index contributed by atoms with van der Waals surface area (Å²) in [6, 6.07) is 78.0. The largest absolute Gasteiger partial charge is 0.748 e. The minimum Gasteiger partial charge on any atom is -0.748 e. The van der Waals surface area contributed by atoms with Gasteiger partial charge in [0, 0.05) is 0 Å². The summed E-state index contributed by atoms with van der Waals surface area (Å²) in [5, 5.41) is 0. The molecule has 630 valence electrons. The zero-order valence-electron chi connectivity index (χ0n) is 67.6. The van der Waals surface area contributed by atoms with Crippen LogP contribution in [-0.2, 0) is 67.5 Å². The molecule has 115 heavy (non-hydrogen) atoms. The maximum atomic E-state index is 10.6. The van der Waals surface area contributed by atoms with Crippen molar-refractivity contribution in [2.75, 3.05) is 14.2 Å². The maximum Gasteiger partial charge on any atom is 0.296 e. The molecular weight excluding hydrogens is 2120 g/mol. The van der Waals surface area contributed by atoms with Crippen LogP contribution in [0.5, 0.6) is 11.5 Å². The topological polar surface area (TPSA) is 304 Å². The van der Waals surface area contributed by atoms with Gasteiger partial charge in [-0.3, -0.25) is 0 Å². The van der Waals surface area contributed by atoms with Gasteiger partial charge < -0.3 is 32.2 Å². The molecule has 0 saturated heterocycles. The summed E-state index contributed by atoms with van der Waals surface area (Å²) in [5.74, 6) is 3.08. The number of benzene rings is 10. The van der Waals surface area contributed by atoms with Gasteiger partial charge in [0.1, 0.15) is 41.9 Å². The predicted octanol–water partition coefficient (Wildman–Crippen LogP) is 2.83. The van der Waals surface area contributed by atoms with E-state index in [1.165, 1.54) is 70.9 Å². The highest BCUT2D eigenvalue weighted by molar-refractivity contribution is 7.86. The predicted molar refractivity (Wildman–Crippen MR) is 441 cm³/mol. The number of methoxy groups -OCH3 is 2. The SMILES string of the molecule is CC(C)(C)c1ccc([IH+])cc1.CCC(C)c1ccc(CS(=O)(=O)[O-])cc1.CCC(C)c1ccc(CS(=O)(=O)[O-])cc1.CCC(C)c1ccc(S(=O)(=O)[O-])cc1.CCC(C)c1ccc(S(=O)(=O)[O-])cc1.CCC(C)c1ccc(S(=O)(=O)[O-])cc1.COc1ccc([IH+])cc1.COc1ccc([IH+])cc1.[IH+]c1ccccc1.[IH+]c1ccccc1. The van der Waals surface area contributed by atoms with E-state index in [0.29, 0.717) is 40.7 Å². The molecule has 0 radical (unpaired) electrons. The Morgan fingerprint density at radius 2 is 0.478 bits per heavy atom. The van der Waals surface area contributed by atoms with E-state index in [1.54, 1.807) is 74.9 Å². The van der Waals surface area contributed by atoms with Gasteiger partial charge in [-0.2, -0.15) is 0 Å². The third-order valence-corrected chi connectivity index (χ3v) is 25.2. The Hall–Kier alpha value is -5.00. The first-order chi connectivity index (χ1) is 53.6. The Kier molecular flexibility index (Phi) is 52.4. The standard InChI is InChI=1S/2C11H16O3S.C10H14I.3C10H14O3S.2C7H8IO.2C6H6I/c2*1-3-9(2)11-6-4-10(5-7-11)8-15(12,13)14;1-10(2,3)8-4-6-9(11)7-5-8;3*1-3-8(2)9-4-6-10(7-5-9)14(11,12)13;2*1-9-7-4-2-6(8)3-5-7;2*7-6-4-2-1-3-5-6/h2*4-7,9H,3,8H2,1-2H3,(H,12,13,14);4-7,11H,1-3H3;3*4-8H,3H2,1-2H3,(H,11,12,13);2*2-5,8H,1H3;2*1-5,7H/q;;+1;;;;4*+1/p-5. The molecule has 0 N–H and O–H groups in total. The molecule has 5 atom stereocenters. The van der Waals surface area contributed by atoms with Crippen LogP contribution in [0.1, 0.15) is 196 Å². The molecule has 0 aliphatic heterocycles. The zero-order chi connectivity index (χ0) is 87.3. The van der Waals surface area contributed by atoms with Crippen LogP contribution in [0.15, 0.2) is 269 Å². The second-order valence-electron chi connectivity index (χ2n) is 27.3. The average Bonchev–Trinajstić information content (AvgIpc) is 0.868. The van der Waals surface area contributed by atoms with Gasteiger partial charge in [-0.25, -0.2) is 42.1 Å². The summed E-state index contributed by atoms with van der Waals surface area (Å²) in [4.78, 5) is -0.487. The molecule has 0 bridgehead atoms. The smallest absolute Gasteiger partial charge is 0.296 e. The molecule has 10 aromatic rings. The monoisotopic (exact) mass is 2230 g/mol. The van der Waals surface area contributed by atoms with Crippen molar-refractivity contribution in [3.05, 3.63) is 317 Å². The highest BCUT2D eigenvalue weighted by atomic mass is 127. The van der Waals surface area contributed by atoms with E-state index in [2.05, 4.69) is 139 Å². The van der Waals surface area contributed by atoms with Crippen molar-refractivity contribution >= 4 is 50.6 Å². The van der Waals surface area contributed by atoms with E-state index in [0.717, 1.165) is 60.3 Å². The molecule has 0 heterocycles. The lowest BCUT2D eigenvalue weighted by Gasteiger charge is -2.17. The van der Waals surface area contributed by atoms with Crippen molar-refractivity contribution < 1.29 is 187 Å². The summed E-state index contributed by atoms with van der Waals surface area (Å²) >= 11 is 10.1. The van der Waals surface area contributed by atoms with E-state index in [1.807, 2.05) is 222 Å². The van der Waals surface area contributed by atoms with Crippen molar-refractivity contribution in [3.63, 3.8) is 0 Å². The summed E-state index contributed by atoms with van der Waals surface area (Å²) in [7, 11) is -17.9. The second-order valence-corrected chi connectivity index (χ2v) is 40.9. The fourth-order valence-electron chi connectivity index (χ4n) is 9.31. The maximum absolute atomic E-state index is 10.6. The van der Waals surface area contributed by atoms with E-state index < -0.39 is 62.1 Å². The van der Waals surface area contributed by atoms with Crippen molar-refractivity contribution in [3.8, 4) is 11.5 Å². The number of hydrogen-bond acceptors (Lipinski definition) is 17. The van der Waals surface area contributed by atoms with Gasteiger partial charge in [0.15, 0.2) is 17.9 Å². The molecule has 0 amide bonds. The Bertz CT molecular complexity index is 4560. The summed E-state index contributed by atoms with van der Waals surface area (Å²) in [6.45, 7) is 27.5. The number of rotatable bonds is 19. The normalized spacial score (nSPS) is 12.3. The average molecular weight is 2240 g/mol. The van der Waals surface area contributed by atoms with Gasteiger partial charge in [0.05, 0.1) is 60.6 Å². The van der Waals surface area contributed by atoms with Crippen LogP contribution in [-0.4, -0.2) is 79.1 Å². The Morgan fingerprint density at radius 1 is 0.287 bits per heavy atom. The molecule has 17 nitrogen and oxygen atoms in total. The first kappa shape index (κ1) is 108. The third-order valence-electron chi connectivity index (χ3n) is 17.4. The Morgan fingerprint density at radius 3 is 0.635 bits per heavy atom. The zero-order valence-corrected chi connectivity index (χ0v) is 83.3. The number of ether oxygens (including phenoxy) is 2. The molecular formula is C88H111I5O17S5. The van der Waals surface area contributed by atoms with E-state index >= 15 is 0 Å². The Labute approximate surface area is 755 Å². The molecule has 0 aliphatic rings. The third kappa shape index (κ3) is 49.4. The Balaban J connectivity index is 0.000000645. The molecule has 10 aromatic carbocycles. The number of hydrogen-bond donors (Lipinski definition) is 0.